The Kier molecular flexibility index (Phi) is 4.87. The third kappa shape index (κ3) is 6.51. The van der Waals surface area contributed by atoms with Crippen molar-refractivity contribution in [2.45, 2.75) is 0 Å². The first kappa shape index (κ1) is 14.1. The van der Waals surface area contributed by atoms with Gasteiger partial charge in [-0.2, -0.15) is 4.98 Å². The van der Waals surface area contributed by atoms with E-state index in [0.717, 1.165) is 6.08 Å². The van der Waals surface area contributed by atoms with Gasteiger partial charge in [0.2, 0.25) is 11.9 Å². The van der Waals surface area contributed by atoms with Crippen LogP contribution in [0, 0.1) is 5.82 Å². The minimum atomic E-state index is -2.05. The SMILES string of the molecule is [2H]c1nc(Nc2ccc(OC([2H])([2H])COC)cc2)nc(Nc2c([2H])c([2H])c([2H])c(NC(=O)C=C)c2[2H])c1F. The molecular formula is C22H22FN5O3. The summed E-state index contributed by atoms with van der Waals surface area (Å²) < 4.78 is 80.3. The molecule has 31 heavy (non-hydrogen) atoms. The van der Waals surface area contributed by atoms with Crippen LogP contribution in [0.2, 0.25) is 0 Å². The molecule has 0 saturated carbocycles. The van der Waals surface area contributed by atoms with Crippen molar-refractivity contribution in [3.8, 4) is 5.75 Å². The minimum absolute atomic E-state index is 0.204. The second-order valence-corrected chi connectivity index (χ2v) is 5.72. The maximum Gasteiger partial charge on any atom is 0.247 e. The van der Waals surface area contributed by atoms with Gasteiger partial charge < -0.3 is 25.4 Å². The maximum atomic E-state index is 14.7. The summed E-state index contributed by atoms with van der Waals surface area (Å²) in [6.07, 6.45) is 0.0757. The van der Waals surface area contributed by atoms with Crippen molar-refractivity contribution < 1.29 is 28.3 Å². The molecule has 3 N–H and O–H groups in total. The number of hydrogen-bond donors (Lipinski definition) is 3. The normalized spacial score (nSPS) is 13.9. The van der Waals surface area contributed by atoms with Crippen molar-refractivity contribution in [2.24, 2.45) is 0 Å². The molecule has 0 spiro atoms. The first-order valence-electron chi connectivity index (χ1n) is 12.3. The van der Waals surface area contributed by atoms with Gasteiger partial charge in [-0.1, -0.05) is 12.6 Å². The predicted octanol–water partition coefficient (Wildman–Crippen LogP) is 4.25. The van der Waals surface area contributed by atoms with Gasteiger partial charge in [0, 0.05) is 24.2 Å². The lowest BCUT2D eigenvalue weighted by Crippen LogP contribution is -2.07. The molecule has 2 aromatic carbocycles. The van der Waals surface area contributed by atoms with E-state index in [4.69, 9.17) is 19.1 Å². The molecule has 3 rings (SSSR count). The van der Waals surface area contributed by atoms with Crippen molar-refractivity contribution >= 4 is 34.7 Å². The topological polar surface area (TPSA) is 97.4 Å². The molecule has 1 aromatic heterocycles. The van der Waals surface area contributed by atoms with E-state index in [1.807, 2.05) is 0 Å². The minimum Gasteiger partial charge on any atom is -0.491 e. The van der Waals surface area contributed by atoms with Gasteiger partial charge >= 0.3 is 0 Å². The molecule has 3 aromatic rings. The Balaban J connectivity index is 1.91. The standard InChI is InChI=1S/C22H22FN5O3/c1-3-20(29)25-16-5-4-6-17(13-16)26-21-19(23)14-24-22(28-21)27-15-7-9-18(10-8-15)31-12-11-30-2/h3-10,13-14H,1,11-12H2,2H3,(H,25,29)(H2,24,26,27,28)/i4D,5D,6D,12D2,13D,14D. The molecule has 0 aliphatic rings. The van der Waals surface area contributed by atoms with E-state index in [1.165, 1.54) is 31.4 Å². The predicted molar refractivity (Wildman–Crippen MR) is 118 cm³/mol. The summed E-state index contributed by atoms with van der Waals surface area (Å²) in [7, 11) is 1.34. The van der Waals surface area contributed by atoms with E-state index < -0.39 is 65.8 Å². The van der Waals surface area contributed by atoms with E-state index in [0.29, 0.717) is 5.69 Å². The molecule has 0 aliphatic heterocycles. The maximum absolute atomic E-state index is 14.7. The van der Waals surface area contributed by atoms with Gasteiger partial charge in [0.15, 0.2) is 11.6 Å². The zero-order chi connectivity index (χ0) is 28.2. The number of rotatable bonds is 10. The van der Waals surface area contributed by atoms with Crippen LogP contribution in [0.25, 0.3) is 0 Å². The van der Waals surface area contributed by atoms with Crippen LogP contribution in [0.5, 0.6) is 5.75 Å². The van der Waals surface area contributed by atoms with Gasteiger partial charge in [-0.05, 0) is 48.5 Å². The smallest absolute Gasteiger partial charge is 0.247 e. The third-order valence-electron chi connectivity index (χ3n) is 3.49. The van der Waals surface area contributed by atoms with E-state index in [-0.39, 0.29) is 18.3 Å². The highest BCUT2D eigenvalue weighted by Crippen LogP contribution is 2.23. The fourth-order valence-electron chi connectivity index (χ4n) is 2.14. The lowest BCUT2D eigenvalue weighted by Gasteiger charge is -2.11. The number of carbonyl (C=O) groups is 1. The zero-order valence-corrected chi connectivity index (χ0v) is 16.3. The average Bonchev–Trinajstić information content (AvgIpc) is 2.86. The first-order chi connectivity index (χ1) is 17.9. The number of benzene rings is 2. The number of nitrogens with one attached hydrogen (secondary N) is 3. The largest absolute Gasteiger partial charge is 0.491 e. The summed E-state index contributed by atoms with van der Waals surface area (Å²) in [6.45, 7) is 0.945. The van der Waals surface area contributed by atoms with Crippen molar-refractivity contribution in [2.75, 3.05) is 36.2 Å². The van der Waals surface area contributed by atoms with Crippen molar-refractivity contribution in [3.63, 3.8) is 0 Å². The summed E-state index contributed by atoms with van der Waals surface area (Å²) >= 11 is 0. The van der Waals surface area contributed by atoms with Gasteiger partial charge in [-0.15, -0.1) is 0 Å². The van der Waals surface area contributed by atoms with Crippen LogP contribution < -0.4 is 20.7 Å². The molecule has 0 atom stereocenters. The van der Waals surface area contributed by atoms with E-state index in [2.05, 4.69) is 32.5 Å². The second kappa shape index (κ2) is 10.7. The fourth-order valence-corrected chi connectivity index (χ4v) is 2.14. The van der Waals surface area contributed by atoms with Gasteiger partial charge in [0.1, 0.15) is 12.3 Å². The van der Waals surface area contributed by atoms with Crippen LogP contribution >= 0.6 is 0 Å². The molecule has 8 nitrogen and oxygen atoms in total. The Morgan fingerprint density at radius 2 is 2.03 bits per heavy atom. The molecule has 0 aliphatic carbocycles. The highest BCUT2D eigenvalue weighted by Gasteiger charge is 2.09. The summed E-state index contributed by atoms with van der Waals surface area (Å²) in [4.78, 5) is 19.4. The molecule has 0 saturated heterocycles. The van der Waals surface area contributed by atoms with Crippen LogP contribution in [0.15, 0.2) is 67.3 Å². The van der Waals surface area contributed by atoms with Gasteiger partial charge in [0.05, 0.1) is 22.4 Å². The Morgan fingerprint density at radius 3 is 2.77 bits per heavy atom. The Morgan fingerprint density at radius 1 is 1.26 bits per heavy atom. The Hall–Kier alpha value is -3.98. The number of methoxy groups -OCH3 is 1. The quantitative estimate of drug-likeness (QED) is 0.414. The highest BCUT2D eigenvalue weighted by molar-refractivity contribution is 5.99. The zero-order valence-electron chi connectivity index (χ0n) is 23.3. The van der Waals surface area contributed by atoms with Gasteiger partial charge in [-0.25, -0.2) is 9.37 Å². The molecule has 160 valence electrons. The number of halogens is 1. The molecule has 0 fully saturated rings. The van der Waals surface area contributed by atoms with Crippen LogP contribution in [0.4, 0.5) is 33.2 Å². The van der Waals surface area contributed by atoms with Crippen LogP contribution in [0.1, 0.15) is 9.60 Å². The molecule has 0 bridgehead atoms. The molecule has 1 amide bonds. The van der Waals surface area contributed by atoms with E-state index in [1.54, 1.807) is 0 Å². The number of amides is 1. The molecular weight excluding hydrogens is 401 g/mol. The van der Waals surface area contributed by atoms with Gasteiger partial charge in [-0.3, -0.25) is 4.79 Å². The number of carbonyl (C=O) groups excluding carboxylic acids is 1. The highest BCUT2D eigenvalue weighted by atomic mass is 19.1. The molecule has 1 heterocycles. The van der Waals surface area contributed by atoms with Crippen LogP contribution in [-0.4, -0.2) is 36.2 Å². The second-order valence-electron chi connectivity index (χ2n) is 5.72. The van der Waals surface area contributed by atoms with E-state index >= 15 is 0 Å². The van der Waals surface area contributed by atoms with Crippen molar-refractivity contribution in [3.05, 3.63) is 73.1 Å². The van der Waals surface area contributed by atoms with E-state index in [9.17, 15) is 9.18 Å². The van der Waals surface area contributed by atoms with Crippen LogP contribution in [0.3, 0.4) is 0 Å². The summed E-state index contributed by atoms with van der Waals surface area (Å²) in [6, 6.07) is 3.48. The Labute approximate surface area is 189 Å². The Bertz CT molecular complexity index is 1380. The number of nitrogens with zero attached hydrogens (tertiary/aromatic N) is 2. The molecule has 9 heteroatoms. The van der Waals surface area contributed by atoms with Crippen LogP contribution in [-0.2, 0) is 9.53 Å². The summed E-state index contributed by atoms with van der Waals surface area (Å²) in [5.74, 6) is -2.59. The fraction of sp³-hybridized carbons (Fsp3) is 0.136. The number of anilines is 5. The lowest BCUT2D eigenvalue weighted by molar-refractivity contribution is -0.111. The van der Waals surface area contributed by atoms with Crippen molar-refractivity contribution in [1.29, 1.82) is 0 Å². The summed E-state index contributed by atoms with van der Waals surface area (Å²) in [5.41, 5.74) is -0.444. The average molecular weight is 430 g/mol. The third-order valence-corrected chi connectivity index (χ3v) is 3.49. The first-order valence-corrected chi connectivity index (χ1v) is 8.76. The number of hydrogen-bond acceptors (Lipinski definition) is 7. The summed E-state index contributed by atoms with van der Waals surface area (Å²) in [5, 5.41) is 7.39. The van der Waals surface area contributed by atoms with Crippen molar-refractivity contribution in [1.82, 2.24) is 9.97 Å². The molecule has 0 unspecified atom stereocenters. The molecule has 0 radical (unpaired) electrons. The number of aromatic nitrogens is 2. The monoisotopic (exact) mass is 430 g/mol. The van der Waals surface area contributed by atoms with Gasteiger partial charge in [0.25, 0.3) is 0 Å². The number of ether oxygens (including phenoxy) is 2. The lowest BCUT2D eigenvalue weighted by atomic mass is 10.2.